The summed E-state index contributed by atoms with van der Waals surface area (Å²) >= 11 is 0. The molecule has 0 spiro atoms. The number of benzene rings is 1. The van der Waals surface area contributed by atoms with Crippen LogP contribution < -0.4 is 10.6 Å². The minimum absolute atomic E-state index is 0.169. The maximum atomic E-state index is 4.52. The predicted molar refractivity (Wildman–Crippen MR) is 101 cm³/mol. The highest BCUT2D eigenvalue weighted by molar-refractivity contribution is 5.59. The number of hydrogen-bond acceptors (Lipinski definition) is 4. The van der Waals surface area contributed by atoms with Gasteiger partial charge < -0.3 is 10.6 Å². The van der Waals surface area contributed by atoms with E-state index in [-0.39, 0.29) is 5.41 Å². The Hall–Kier alpha value is -2.10. The van der Waals surface area contributed by atoms with Gasteiger partial charge >= 0.3 is 0 Å². The first-order valence-corrected chi connectivity index (χ1v) is 8.90. The zero-order chi connectivity index (χ0) is 17.2. The predicted octanol–water partition coefficient (Wildman–Crippen LogP) is 5.18. The lowest BCUT2D eigenvalue weighted by molar-refractivity contribution is 0.590. The number of aromatic nitrogens is 2. The van der Waals surface area contributed by atoms with Gasteiger partial charge in [-0.05, 0) is 42.9 Å². The third-order valence-corrected chi connectivity index (χ3v) is 4.57. The van der Waals surface area contributed by atoms with Crippen LogP contribution in [-0.4, -0.2) is 16.0 Å². The molecule has 24 heavy (non-hydrogen) atoms. The van der Waals surface area contributed by atoms with Gasteiger partial charge in [-0.1, -0.05) is 45.7 Å². The second kappa shape index (κ2) is 6.80. The summed E-state index contributed by atoms with van der Waals surface area (Å²) < 4.78 is 0. The van der Waals surface area contributed by atoms with Crippen molar-refractivity contribution in [1.82, 2.24) is 9.97 Å². The minimum Gasteiger partial charge on any atom is -0.367 e. The maximum absolute atomic E-state index is 4.52. The van der Waals surface area contributed by atoms with Crippen LogP contribution in [0.25, 0.3) is 0 Å². The average Bonchev–Trinajstić information content (AvgIpc) is 2.99. The lowest BCUT2D eigenvalue weighted by Gasteiger charge is -2.19. The number of rotatable bonds is 4. The lowest BCUT2D eigenvalue weighted by atomic mass is 9.87. The molecule has 1 fully saturated rings. The molecule has 0 bridgehead atoms. The number of nitrogens with one attached hydrogen (secondary N) is 2. The SMILES string of the molecule is Cc1nc(Nc2ccc(C(C)(C)C)cc2)cc(NC2CCCC2)n1. The Morgan fingerprint density at radius 1 is 0.958 bits per heavy atom. The van der Waals surface area contributed by atoms with E-state index < -0.39 is 0 Å². The summed E-state index contributed by atoms with van der Waals surface area (Å²) in [5, 5.41) is 6.94. The molecule has 0 saturated heterocycles. The van der Waals surface area contributed by atoms with Crippen molar-refractivity contribution in [3.63, 3.8) is 0 Å². The summed E-state index contributed by atoms with van der Waals surface area (Å²) in [7, 11) is 0. The smallest absolute Gasteiger partial charge is 0.136 e. The molecule has 0 radical (unpaired) electrons. The molecule has 1 aromatic heterocycles. The van der Waals surface area contributed by atoms with Crippen molar-refractivity contribution in [3.8, 4) is 0 Å². The van der Waals surface area contributed by atoms with E-state index in [1.54, 1.807) is 0 Å². The Bertz CT molecular complexity index is 680. The Morgan fingerprint density at radius 2 is 1.58 bits per heavy atom. The molecule has 128 valence electrons. The van der Waals surface area contributed by atoms with Crippen molar-refractivity contribution < 1.29 is 0 Å². The second-order valence-corrected chi connectivity index (χ2v) is 7.76. The summed E-state index contributed by atoms with van der Waals surface area (Å²) in [4.78, 5) is 9.04. The monoisotopic (exact) mass is 324 g/mol. The molecule has 3 rings (SSSR count). The van der Waals surface area contributed by atoms with E-state index in [0.29, 0.717) is 6.04 Å². The van der Waals surface area contributed by atoms with Crippen LogP contribution in [0.5, 0.6) is 0 Å². The lowest BCUT2D eigenvalue weighted by Crippen LogP contribution is -2.16. The van der Waals surface area contributed by atoms with Crippen LogP contribution in [0.4, 0.5) is 17.3 Å². The van der Waals surface area contributed by atoms with Crippen LogP contribution in [-0.2, 0) is 5.41 Å². The van der Waals surface area contributed by atoms with Gasteiger partial charge in [0.25, 0.3) is 0 Å². The van der Waals surface area contributed by atoms with E-state index in [9.17, 15) is 0 Å². The third kappa shape index (κ3) is 4.25. The van der Waals surface area contributed by atoms with E-state index in [0.717, 1.165) is 23.1 Å². The molecular formula is C20H28N4. The zero-order valence-corrected chi connectivity index (χ0v) is 15.2. The van der Waals surface area contributed by atoms with Crippen molar-refractivity contribution >= 4 is 17.3 Å². The normalized spacial score (nSPS) is 15.5. The average molecular weight is 324 g/mol. The van der Waals surface area contributed by atoms with E-state index in [1.165, 1.54) is 31.2 Å². The molecular weight excluding hydrogens is 296 g/mol. The van der Waals surface area contributed by atoms with Crippen LogP contribution in [0.1, 0.15) is 57.8 Å². The van der Waals surface area contributed by atoms with Crippen molar-refractivity contribution in [2.24, 2.45) is 0 Å². The highest BCUT2D eigenvalue weighted by Gasteiger charge is 2.16. The fraction of sp³-hybridized carbons (Fsp3) is 0.500. The van der Waals surface area contributed by atoms with Gasteiger partial charge in [-0.25, -0.2) is 9.97 Å². The summed E-state index contributed by atoms with van der Waals surface area (Å²) in [5.74, 6) is 2.54. The van der Waals surface area contributed by atoms with Gasteiger partial charge in [0, 0.05) is 17.8 Å². The van der Waals surface area contributed by atoms with Crippen LogP contribution in [0.2, 0.25) is 0 Å². The largest absolute Gasteiger partial charge is 0.367 e. The minimum atomic E-state index is 0.169. The van der Waals surface area contributed by atoms with Gasteiger partial charge in [-0.2, -0.15) is 0 Å². The van der Waals surface area contributed by atoms with Crippen LogP contribution in [0.3, 0.4) is 0 Å². The van der Waals surface area contributed by atoms with Gasteiger partial charge in [0.15, 0.2) is 0 Å². The highest BCUT2D eigenvalue weighted by Crippen LogP contribution is 2.26. The molecule has 1 aromatic carbocycles. The summed E-state index contributed by atoms with van der Waals surface area (Å²) in [6, 6.07) is 11.1. The van der Waals surface area contributed by atoms with Crippen molar-refractivity contribution in [2.45, 2.75) is 64.8 Å². The van der Waals surface area contributed by atoms with E-state index >= 15 is 0 Å². The molecule has 2 N–H and O–H groups in total. The molecule has 1 heterocycles. The summed E-state index contributed by atoms with van der Waals surface area (Å²) in [5.41, 5.74) is 2.55. The van der Waals surface area contributed by atoms with Gasteiger partial charge in [0.2, 0.25) is 0 Å². The standard InChI is InChI=1S/C20H28N4/c1-14-21-18(23-16-7-5-6-8-16)13-19(22-14)24-17-11-9-15(10-12-17)20(2,3)4/h9-13,16H,5-8H2,1-4H3,(H2,21,22,23,24). The fourth-order valence-corrected chi connectivity index (χ4v) is 3.19. The van der Waals surface area contributed by atoms with Gasteiger partial charge in [0.05, 0.1) is 0 Å². The molecule has 4 heteroatoms. The topological polar surface area (TPSA) is 49.8 Å². The third-order valence-electron chi connectivity index (χ3n) is 4.57. The van der Waals surface area contributed by atoms with Gasteiger partial charge in [-0.15, -0.1) is 0 Å². The summed E-state index contributed by atoms with van der Waals surface area (Å²) in [6.45, 7) is 8.62. The Balaban J connectivity index is 1.73. The van der Waals surface area contributed by atoms with E-state index in [4.69, 9.17) is 0 Å². The quantitative estimate of drug-likeness (QED) is 0.813. The van der Waals surface area contributed by atoms with Crippen LogP contribution in [0, 0.1) is 6.92 Å². The fourth-order valence-electron chi connectivity index (χ4n) is 3.19. The molecule has 1 saturated carbocycles. The molecule has 1 aliphatic carbocycles. The molecule has 1 aliphatic rings. The first-order valence-electron chi connectivity index (χ1n) is 8.90. The number of anilines is 3. The van der Waals surface area contributed by atoms with Crippen molar-refractivity contribution in [3.05, 3.63) is 41.7 Å². The summed E-state index contributed by atoms with van der Waals surface area (Å²) in [6.07, 6.45) is 5.10. The van der Waals surface area contributed by atoms with Crippen LogP contribution in [0.15, 0.2) is 30.3 Å². The first kappa shape index (κ1) is 16.7. The van der Waals surface area contributed by atoms with E-state index in [2.05, 4.69) is 65.6 Å². The van der Waals surface area contributed by atoms with Crippen LogP contribution >= 0.6 is 0 Å². The number of aryl methyl sites for hydroxylation is 1. The number of hydrogen-bond donors (Lipinski definition) is 2. The Morgan fingerprint density at radius 3 is 2.21 bits per heavy atom. The van der Waals surface area contributed by atoms with E-state index in [1.807, 2.05) is 13.0 Å². The molecule has 0 aliphatic heterocycles. The maximum Gasteiger partial charge on any atom is 0.136 e. The molecule has 0 amide bonds. The second-order valence-electron chi connectivity index (χ2n) is 7.76. The molecule has 0 atom stereocenters. The molecule has 0 unspecified atom stereocenters. The van der Waals surface area contributed by atoms with Gasteiger partial charge in [0.1, 0.15) is 17.5 Å². The Labute approximate surface area is 145 Å². The molecule has 2 aromatic rings. The first-order chi connectivity index (χ1) is 11.4. The molecule has 4 nitrogen and oxygen atoms in total. The van der Waals surface area contributed by atoms with Crippen molar-refractivity contribution in [1.29, 1.82) is 0 Å². The number of nitrogens with zero attached hydrogens (tertiary/aromatic N) is 2. The van der Waals surface area contributed by atoms with Gasteiger partial charge in [-0.3, -0.25) is 0 Å². The Kier molecular flexibility index (Phi) is 4.74. The highest BCUT2D eigenvalue weighted by atomic mass is 15.1. The van der Waals surface area contributed by atoms with Crippen molar-refractivity contribution in [2.75, 3.05) is 10.6 Å². The zero-order valence-electron chi connectivity index (χ0n) is 15.2.